The first-order valence-electron chi connectivity index (χ1n) is 5.38. The van der Waals surface area contributed by atoms with Crippen molar-refractivity contribution in [3.63, 3.8) is 0 Å². The second-order valence-electron chi connectivity index (χ2n) is 4.27. The molecule has 1 unspecified atom stereocenters. The topological polar surface area (TPSA) is 26.0 Å². The van der Waals surface area contributed by atoms with Crippen LogP contribution >= 0.6 is 27.5 Å². The van der Waals surface area contributed by atoms with Crippen LogP contribution in [0.3, 0.4) is 0 Å². The molecule has 0 bridgehead atoms. The Kier molecular flexibility index (Phi) is 3.70. The van der Waals surface area contributed by atoms with Crippen LogP contribution in [0.4, 0.5) is 0 Å². The molecule has 0 aliphatic heterocycles. The summed E-state index contributed by atoms with van der Waals surface area (Å²) < 4.78 is 0.934. The molecule has 1 aliphatic rings. The third kappa shape index (κ3) is 2.96. The molecule has 15 heavy (non-hydrogen) atoms. The van der Waals surface area contributed by atoms with Crippen LogP contribution in [0.1, 0.15) is 37.3 Å². The Labute approximate surface area is 104 Å². The van der Waals surface area contributed by atoms with Crippen molar-refractivity contribution in [2.75, 3.05) is 0 Å². The van der Waals surface area contributed by atoms with E-state index in [4.69, 9.17) is 17.3 Å². The van der Waals surface area contributed by atoms with Crippen LogP contribution in [0.25, 0.3) is 0 Å². The fraction of sp³-hybridized carbons (Fsp3) is 0.500. The van der Waals surface area contributed by atoms with Gasteiger partial charge in [0.15, 0.2) is 0 Å². The smallest absolute Gasteiger partial charge is 0.0595 e. The van der Waals surface area contributed by atoms with Gasteiger partial charge in [-0.2, -0.15) is 0 Å². The van der Waals surface area contributed by atoms with Gasteiger partial charge < -0.3 is 5.73 Å². The summed E-state index contributed by atoms with van der Waals surface area (Å²) in [6.45, 7) is 0. The highest BCUT2D eigenvalue weighted by atomic mass is 79.9. The van der Waals surface area contributed by atoms with Crippen LogP contribution in [-0.4, -0.2) is 0 Å². The predicted octanol–water partition coefficient (Wildman–Crippen LogP) is 4.29. The quantitative estimate of drug-likeness (QED) is 0.878. The molecule has 1 aromatic rings. The number of rotatable bonds is 4. The molecular formula is C12H15BrClN. The maximum atomic E-state index is 6.19. The highest BCUT2D eigenvalue weighted by Gasteiger charge is 2.22. The molecule has 0 aromatic heterocycles. The third-order valence-electron chi connectivity index (χ3n) is 2.96. The van der Waals surface area contributed by atoms with Crippen molar-refractivity contribution in [3.8, 4) is 0 Å². The molecule has 2 rings (SSSR count). The summed E-state index contributed by atoms with van der Waals surface area (Å²) in [6, 6.07) is 6.03. The van der Waals surface area contributed by atoms with Crippen molar-refractivity contribution < 1.29 is 0 Å². The van der Waals surface area contributed by atoms with E-state index in [1.165, 1.54) is 19.3 Å². The van der Waals surface area contributed by atoms with E-state index in [9.17, 15) is 0 Å². The summed E-state index contributed by atoms with van der Waals surface area (Å²) >= 11 is 9.61. The van der Waals surface area contributed by atoms with E-state index < -0.39 is 0 Å². The molecule has 1 aliphatic carbocycles. The van der Waals surface area contributed by atoms with Crippen LogP contribution in [0, 0.1) is 5.92 Å². The van der Waals surface area contributed by atoms with Gasteiger partial charge in [0, 0.05) is 10.5 Å². The molecular weight excluding hydrogens is 273 g/mol. The Hall–Kier alpha value is -0.0500. The Balaban J connectivity index is 2.02. The molecule has 3 heteroatoms. The molecule has 1 saturated carbocycles. The summed E-state index contributed by atoms with van der Waals surface area (Å²) in [5.41, 5.74) is 7.20. The monoisotopic (exact) mass is 287 g/mol. The summed E-state index contributed by atoms with van der Waals surface area (Å²) in [5, 5.41) is 0.765. The molecule has 1 nitrogen and oxygen atoms in total. The van der Waals surface area contributed by atoms with E-state index >= 15 is 0 Å². The normalized spacial score (nSPS) is 17.8. The molecule has 0 spiro atoms. The third-order valence-corrected chi connectivity index (χ3v) is 4.27. The van der Waals surface area contributed by atoms with E-state index in [2.05, 4.69) is 15.9 Å². The van der Waals surface area contributed by atoms with E-state index in [1.54, 1.807) is 0 Å². The van der Waals surface area contributed by atoms with Crippen LogP contribution in [0.15, 0.2) is 22.7 Å². The zero-order valence-corrected chi connectivity index (χ0v) is 10.9. The van der Waals surface area contributed by atoms with Gasteiger partial charge in [-0.15, -0.1) is 0 Å². The molecule has 1 fully saturated rings. The van der Waals surface area contributed by atoms with E-state index in [0.29, 0.717) is 0 Å². The summed E-state index contributed by atoms with van der Waals surface area (Å²) in [5.74, 6) is 0.932. The van der Waals surface area contributed by atoms with E-state index in [1.807, 2.05) is 18.2 Å². The molecule has 2 N–H and O–H groups in total. The van der Waals surface area contributed by atoms with Crippen molar-refractivity contribution >= 4 is 27.5 Å². The van der Waals surface area contributed by atoms with Crippen molar-refractivity contribution in [1.82, 2.24) is 0 Å². The van der Waals surface area contributed by atoms with Crippen molar-refractivity contribution in [3.05, 3.63) is 33.3 Å². The Morgan fingerprint density at radius 1 is 1.47 bits per heavy atom. The highest BCUT2D eigenvalue weighted by molar-refractivity contribution is 9.10. The zero-order valence-electron chi connectivity index (χ0n) is 8.55. The first kappa shape index (κ1) is 11.4. The standard InChI is InChI=1S/C12H15BrClN/c13-10-3-1-2-9(12(10)14)11(15)7-6-8-4-5-8/h1-3,8,11H,4-7,15H2. The number of benzene rings is 1. The molecule has 0 amide bonds. The lowest BCUT2D eigenvalue weighted by molar-refractivity contribution is 0.575. The van der Waals surface area contributed by atoms with Gasteiger partial charge in [-0.3, -0.25) is 0 Å². The number of halogens is 2. The molecule has 0 saturated heterocycles. The molecule has 1 atom stereocenters. The maximum absolute atomic E-state index is 6.19. The van der Waals surface area contributed by atoms with Gasteiger partial charge in [0.1, 0.15) is 0 Å². The first-order valence-corrected chi connectivity index (χ1v) is 6.55. The molecule has 82 valence electrons. The fourth-order valence-corrected chi connectivity index (χ4v) is 2.43. The van der Waals surface area contributed by atoms with Crippen molar-refractivity contribution in [2.45, 2.75) is 31.7 Å². The number of nitrogens with two attached hydrogens (primary N) is 1. The first-order chi connectivity index (χ1) is 7.18. The lowest BCUT2D eigenvalue weighted by atomic mass is 10.0. The van der Waals surface area contributed by atoms with Gasteiger partial charge in [-0.25, -0.2) is 0 Å². The second-order valence-corrected chi connectivity index (χ2v) is 5.50. The van der Waals surface area contributed by atoms with E-state index in [-0.39, 0.29) is 6.04 Å². The largest absolute Gasteiger partial charge is 0.324 e. The van der Waals surface area contributed by atoms with Gasteiger partial charge in [0.05, 0.1) is 5.02 Å². The Bertz CT molecular complexity index is 349. The van der Waals surface area contributed by atoms with E-state index in [0.717, 1.165) is 27.4 Å². The van der Waals surface area contributed by atoms with Gasteiger partial charge in [-0.1, -0.05) is 36.6 Å². The summed E-state index contributed by atoms with van der Waals surface area (Å²) in [7, 11) is 0. The molecule has 0 heterocycles. The Morgan fingerprint density at radius 2 is 2.20 bits per heavy atom. The van der Waals surface area contributed by atoms with Gasteiger partial charge in [0.2, 0.25) is 0 Å². The predicted molar refractivity (Wildman–Crippen MR) is 68.0 cm³/mol. The zero-order chi connectivity index (χ0) is 10.8. The van der Waals surface area contributed by atoms with Crippen molar-refractivity contribution in [1.29, 1.82) is 0 Å². The van der Waals surface area contributed by atoms with Crippen molar-refractivity contribution in [2.24, 2.45) is 11.7 Å². The fourth-order valence-electron chi connectivity index (χ4n) is 1.78. The number of hydrogen-bond acceptors (Lipinski definition) is 1. The molecule has 0 radical (unpaired) electrons. The Morgan fingerprint density at radius 3 is 2.87 bits per heavy atom. The van der Waals surface area contributed by atoms with Crippen LogP contribution < -0.4 is 5.73 Å². The maximum Gasteiger partial charge on any atom is 0.0595 e. The van der Waals surface area contributed by atoms with Crippen LogP contribution in [0.2, 0.25) is 5.02 Å². The average molecular weight is 289 g/mol. The minimum absolute atomic E-state index is 0.0793. The lowest BCUT2D eigenvalue weighted by Gasteiger charge is -2.14. The SMILES string of the molecule is NC(CCC1CC1)c1cccc(Br)c1Cl. The number of hydrogen-bond donors (Lipinski definition) is 1. The minimum Gasteiger partial charge on any atom is -0.324 e. The summed E-state index contributed by atoms with van der Waals surface area (Å²) in [6.07, 6.45) is 5.06. The summed E-state index contributed by atoms with van der Waals surface area (Å²) in [4.78, 5) is 0. The highest BCUT2D eigenvalue weighted by Crippen LogP contribution is 2.37. The van der Waals surface area contributed by atoms with Gasteiger partial charge in [0.25, 0.3) is 0 Å². The van der Waals surface area contributed by atoms with Gasteiger partial charge in [-0.05, 0) is 46.3 Å². The van der Waals surface area contributed by atoms with Gasteiger partial charge >= 0.3 is 0 Å². The van der Waals surface area contributed by atoms with Crippen LogP contribution in [0.5, 0.6) is 0 Å². The molecule has 1 aromatic carbocycles. The second kappa shape index (κ2) is 4.86. The lowest BCUT2D eigenvalue weighted by Crippen LogP contribution is -2.11. The van der Waals surface area contributed by atoms with Crippen LogP contribution in [-0.2, 0) is 0 Å². The minimum atomic E-state index is 0.0793. The average Bonchev–Trinajstić information content (AvgIpc) is 3.02.